The topological polar surface area (TPSA) is 49.4 Å². The van der Waals surface area contributed by atoms with E-state index in [-0.39, 0.29) is 17.6 Å². The van der Waals surface area contributed by atoms with Crippen LogP contribution in [0.1, 0.15) is 30.9 Å². The SMILES string of the molecule is CCCCNC(=O)[C@@H](Cc1ccccc1)N(Cc1cccc(Br)c1)C(=O)CSc1ccc(Cl)cc1. The molecule has 2 amide bonds. The third kappa shape index (κ3) is 9.02. The van der Waals surface area contributed by atoms with Gasteiger partial charge in [0.25, 0.3) is 0 Å². The van der Waals surface area contributed by atoms with E-state index in [4.69, 9.17) is 11.6 Å². The second-order valence-electron chi connectivity index (χ2n) is 8.24. The van der Waals surface area contributed by atoms with Gasteiger partial charge < -0.3 is 10.2 Å². The number of rotatable bonds is 12. The van der Waals surface area contributed by atoms with Gasteiger partial charge in [-0.1, -0.05) is 83.3 Å². The van der Waals surface area contributed by atoms with Crippen molar-refractivity contribution in [2.24, 2.45) is 0 Å². The van der Waals surface area contributed by atoms with Crippen molar-refractivity contribution < 1.29 is 9.59 Å². The van der Waals surface area contributed by atoms with Crippen molar-refractivity contribution in [2.75, 3.05) is 12.3 Å². The predicted molar refractivity (Wildman–Crippen MR) is 149 cm³/mol. The number of carbonyl (C=O) groups excluding carboxylic acids is 2. The summed E-state index contributed by atoms with van der Waals surface area (Å²) in [5, 5.41) is 3.71. The van der Waals surface area contributed by atoms with E-state index in [0.29, 0.717) is 24.5 Å². The number of halogens is 2. The van der Waals surface area contributed by atoms with Gasteiger partial charge >= 0.3 is 0 Å². The van der Waals surface area contributed by atoms with Gasteiger partial charge in [-0.05, 0) is 53.9 Å². The summed E-state index contributed by atoms with van der Waals surface area (Å²) >= 11 is 11.0. The predicted octanol–water partition coefficient (Wildman–Crippen LogP) is 6.75. The van der Waals surface area contributed by atoms with Gasteiger partial charge in [0.1, 0.15) is 6.04 Å². The van der Waals surface area contributed by atoms with Crippen LogP contribution in [0.4, 0.5) is 0 Å². The first-order valence-electron chi connectivity index (χ1n) is 11.7. The van der Waals surface area contributed by atoms with Crippen LogP contribution in [0.5, 0.6) is 0 Å². The number of hydrogen-bond donors (Lipinski definition) is 1. The van der Waals surface area contributed by atoms with E-state index in [1.54, 1.807) is 4.90 Å². The molecule has 184 valence electrons. The molecule has 0 fully saturated rings. The molecule has 7 heteroatoms. The molecule has 0 unspecified atom stereocenters. The average molecular weight is 574 g/mol. The Hall–Kier alpha value is -2.28. The maximum Gasteiger partial charge on any atom is 0.243 e. The van der Waals surface area contributed by atoms with Crippen molar-refractivity contribution in [3.8, 4) is 0 Å². The quantitative estimate of drug-likeness (QED) is 0.193. The normalized spacial score (nSPS) is 11.6. The Morgan fingerprint density at radius 1 is 1.00 bits per heavy atom. The highest BCUT2D eigenvalue weighted by Crippen LogP contribution is 2.23. The fourth-order valence-electron chi connectivity index (χ4n) is 3.65. The molecule has 0 saturated heterocycles. The molecule has 0 aliphatic heterocycles. The zero-order valence-corrected chi connectivity index (χ0v) is 22.9. The average Bonchev–Trinajstić information content (AvgIpc) is 2.86. The van der Waals surface area contributed by atoms with E-state index < -0.39 is 6.04 Å². The van der Waals surface area contributed by atoms with Crippen molar-refractivity contribution in [3.05, 3.63) is 99.5 Å². The van der Waals surface area contributed by atoms with E-state index in [1.807, 2.05) is 78.9 Å². The maximum absolute atomic E-state index is 13.6. The van der Waals surface area contributed by atoms with E-state index in [2.05, 4.69) is 28.2 Å². The Balaban J connectivity index is 1.87. The molecule has 0 radical (unpaired) electrons. The molecule has 0 heterocycles. The van der Waals surface area contributed by atoms with Crippen molar-refractivity contribution in [1.29, 1.82) is 0 Å². The van der Waals surface area contributed by atoms with Crippen LogP contribution in [-0.4, -0.2) is 35.1 Å². The molecule has 3 rings (SSSR count). The van der Waals surface area contributed by atoms with Crippen LogP contribution in [0, 0.1) is 0 Å². The highest BCUT2D eigenvalue weighted by molar-refractivity contribution is 9.10. The molecule has 0 bridgehead atoms. The minimum atomic E-state index is -0.619. The van der Waals surface area contributed by atoms with Crippen molar-refractivity contribution in [2.45, 2.75) is 43.7 Å². The van der Waals surface area contributed by atoms with Gasteiger partial charge in [-0.2, -0.15) is 0 Å². The fraction of sp³-hybridized carbons (Fsp3) is 0.286. The van der Waals surface area contributed by atoms with Gasteiger partial charge in [-0.25, -0.2) is 0 Å². The summed E-state index contributed by atoms with van der Waals surface area (Å²) in [6.45, 7) is 3.03. The molecule has 1 N–H and O–H groups in total. The van der Waals surface area contributed by atoms with Gasteiger partial charge in [-0.15, -0.1) is 11.8 Å². The van der Waals surface area contributed by atoms with Gasteiger partial charge in [-0.3, -0.25) is 9.59 Å². The third-order valence-corrected chi connectivity index (χ3v) is 7.26. The molecule has 3 aromatic carbocycles. The fourth-order valence-corrected chi connectivity index (χ4v) is 5.01. The zero-order valence-electron chi connectivity index (χ0n) is 19.8. The Kier molecular flexibility index (Phi) is 11.2. The van der Waals surface area contributed by atoms with E-state index >= 15 is 0 Å². The first-order chi connectivity index (χ1) is 17.0. The van der Waals surface area contributed by atoms with Crippen LogP contribution in [-0.2, 0) is 22.6 Å². The summed E-state index contributed by atoms with van der Waals surface area (Å²) in [4.78, 5) is 29.7. The number of benzene rings is 3. The first kappa shape index (κ1) is 27.3. The van der Waals surface area contributed by atoms with Crippen LogP contribution in [0.3, 0.4) is 0 Å². The molecule has 3 aromatic rings. The lowest BCUT2D eigenvalue weighted by Gasteiger charge is -2.31. The summed E-state index contributed by atoms with van der Waals surface area (Å²) in [6.07, 6.45) is 2.34. The van der Waals surface area contributed by atoms with Crippen molar-refractivity contribution in [1.82, 2.24) is 10.2 Å². The van der Waals surface area contributed by atoms with Gasteiger partial charge in [0.15, 0.2) is 0 Å². The summed E-state index contributed by atoms with van der Waals surface area (Å²) < 4.78 is 0.935. The number of nitrogens with one attached hydrogen (secondary N) is 1. The van der Waals surface area contributed by atoms with Gasteiger partial charge in [0.2, 0.25) is 11.8 Å². The number of carbonyl (C=O) groups is 2. The lowest BCUT2D eigenvalue weighted by molar-refractivity contribution is -0.139. The lowest BCUT2D eigenvalue weighted by Crippen LogP contribution is -2.51. The molecule has 0 spiro atoms. The van der Waals surface area contributed by atoms with Crippen molar-refractivity contribution in [3.63, 3.8) is 0 Å². The lowest BCUT2D eigenvalue weighted by atomic mass is 10.0. The van der Waals surface area contributed by atoms with Crippen LogP contribution >= 0.6 is 39.3 Å². The van der Waals surface area contributed by atoms with Gasteiger partial charge in [0, 0.05) is 33.9 Å². The number of amides is 2. The highest BCUT2D eigenvalue weighted by Gasteiger charge is 2.30. The second kappa shape index (κ2) is 14.3. The molecule has 4 nitrogen and oxygen atoms in total. The molecular weight excluding hydrogens is 544 g/mol. The Morgan fingerprint density at radius 3 is 2.40 bits per heavy atom. The summed E-state index contributed by atoms with van der Waals surface area (Å²) in [7, 11) is 0. The van der Waals surface area contributed by atoms with Gasteiger partial charge in [0.05, 0.1) is 5.75 Å². The monoisotopic (exact) mass is 572 g/mol. The Morgan fingerprint density at radius 2 is 1.71 bits per heavy atom. The minimum Gasteiger partial charge on any atom is -0.354 e. The molecule has 35 heavy (non-hydrogen) atoms. The van der Waals surface area contributed by atoms with Crippen LogP contribution in [0.25, 0.3) is 0 Å². The molecular formula is C28H30BrClN2O2S. The Labute approximate surface area is 225 Å². The number of unbranched alkanes of at least 4 members (excludes halogenated alkanes) is 1. The standard InChI is InChI=1S/C28H30BrClN2O2S/c1-2-3-16-31-28(34)26(18-21-8-5-4-6-9-21)32(19-22-10-7-11-23(29)17-22)27(33)20-35-25-14-12-24(30)13-15-25/h4-15,17,26H,2-3,16,18-20H2,1H3,(H,31,34)/t26-/m1/s1. The first-order valence-corrected chi connectivity index (χ1v) is 13.9. The highest BCUT2D eigenvalue weighted by atomic mass is 79.9. The number of hydrogen-bond acceptors (Lipinski definition) is 3. The minimum absolute atomic E-state index is 0.0866. The van der Waals surface area contributed by atoms with Crippen molar-refractivity contribution >= 4 is 51.1 Å². The number of thioether (sulfide) groups is 1. The molecule has 0 saturated carbocycles. The molecule has 0 aliphatic rings. The van der Waals surface area contributed by atoms with E-state index in [1.165, 1.54) is 11.8 Å². The summed E-state index contributed by atoms with van der Waals surface area (Å²) in [5.41, 5.74) is 1.98. The Bertz CT molecular complexity index is 1100. The number of nitrogens with zero attached hydrogens (tertiary/aromatic N) is 1. The maximum atomic E-state index is 13.6. The van der Waals surface area contributed by atoms with E-state index in [0.717, 1.165) is 33.3 Å². The molecule has 1 atom stereocenters. The zero-order chi connectivity index (χ0) is 25.0. The molecule has 0 aromatic heterocycles. The second-order valence-corrected chi connectivity index (χ2v) is 10.6. The molecule has 0 aliphatic carbocycles. The third-order valence-electron chi connectivity index (χ3n) is 5.52. The largest absolute Gasteiger partial charge is 0.354 e. The van der Waals surface area contributed by atoms with E-state index in [9.17, 15) is 9.59 Å². The van der Waals surface area contributed by atoms with Crippen LogP contribution < -0.4 is 5.32 Å². The van der Waals surface area contributed by atoms with Crippen LogP contribution in [0.15, 0.2) is 88.2 Å². The summed E-state index contributed by atoms with van der Waals surface area (Å²) in [6, 6.07) is 24.5. The van der Waals surface area contributed by atoms with Crippen LogP contribution in [0.2, 0.25) is 5.02 Å². The smallest absolute Gasteiger partial charge is 0.243 e. The summed E-state index contributed by atoms with van der Waals surface area (Å²) in [5.74, 6) is 0.0158.